The molecule has 1 aromatic rings. The SMILES string of the molecule is COc1ccccc1NNF.Cl. The highest BCUT2D eigenvalue weighted by atomic mass is 35.5. The molecule has 12 heavy (non-hydrogen) atoms. The number of rotatable bonds is 3. The third-order valence-corrected chi connectivity index (χ3v) is 1.29. The van der Waals surface area contributed by atoms with Crippen LogP contribution < -0.4 is 15.8 Å². The molecule has 68 valence electrons. The molecule has 0 aliphatic heterocycles. The average Bonchev–Trinajstić information content (AvgIpc) is 2.06. The van der Waals surface area contributed by atoms with Gasteiger partial charge in [-0.15, -0.1) is 16.9 Å². The molecule has 1 rings (SSSR count). The first kappa shape index (κ1) is 11.0. The van der Waals surface area contributed by atoms with Crippen LogP contribution in [0.3, 0.4) is 0 Å². The van der Waals surface area contributed by atoms with Crippen molar-refractivity contribution in [3.05, 3.63) is 24.3 Å². The maximum absolute atomic E-state index is 11.6. The van der Waals surface area contributed by atoms with E-state index in [9.17, 15) is 4.48 Å². The van der Waals surface area contributed by atoms with E-state index in [2.05, 4.69) is 5.43 Å². The van der Waals surface area contributed by atoms with Gasteiger partial charge < -0.3 is 4.74 Å². The molecule has 0 amide bonds. The maximum Gasteiger partial charge on any atom is 0.143 e. The van der Waals surface area contributed by atoms with Crippen molar-refractivity contribution in [3.63, 3.8) is 0 Å². The fourth-order valence-corrected chi connectivity index (χ4v) is 0.799. The molecule has 3 nitrogen and oxygen atoms in total. The highest BCUT2D eigenvalue weighted by Crippen LogP contribution is 2.21. The fraction of sp³-hybridized carbons (Fsp3) is 0.143. The standard InChI is InChI=1S/C7H9FN2O.ClH/c1-11-7-5-3-2-4-6(7)9-10-8;/h2-5,9-10H,1H3;1H. The lowest BCUT2D eigenvalue weighted by molar-refractivity contribution is 0.370. The number of nitrogens with one attached hydrogen (secondary N) is 2. The van der Waals surface area contributed by atoms with E-state index in [1.807, 2.05) is 6.07 Å². The van der Waals surface area contributed by atoms with Crippen LogP contribution in [-0.2, 0) is 0 Å². The first-order valence-electron chi connectivity index (χ1n) is 3.13. The van der Waals surface area contributed by atoms with Crippen LogP contribution >= 0.6 is 12.4 Å². The van der Waals surface area contributed by atoms with Crippen LogP contribution in [0.5, 0.6) is 5.75 Å². The smallest absolute Gasteiger partial charge is 0.143 e. The molecule has 0 bridgehead atoms. The van der Waals surface area contributed by atoms with Crippen molar-refractivity contribution in [2.45, 2.75) is 0 Å². The Morgan fingerprint density at radius 1 is 1.33 bits per heavy atom. The van der Waals surface area contributed by atoms with Crippen LogP contribution in [0.1, 0.15) is 0 Å². The van der Waals surface area contributed by atoms with Gasteiger partial charge >= 0.3 is 0 Å². The fourth-order valence-electron chi connectivity index (χ4n) is 0.799. The number of halogens is 2. The van der Waals surface area contributed by atoms with Gasteiger partial charge in [0.25, 0.3) is 0 Å². The van der Waals surface area contributed by atoms with Crippen LogP contribution in [0.15, 0.2) is 24.3 Å². The topological polar surface area (TPSA) is 33.3 Å². The Labute approximate surface area is 76.2 Å². The Bertz CT molecular complexity index is 234. The Hall–Kier alpha value is -1.00. The van der Waals surface area contributed by atoms with Gasteiger partial charge in [-0.05, 0) is 12.1 Å². The van der Waals surface area contributed by atoms with E-state index in [1.165, 1.54) is 12.8 Å². The number of methoxy groups -OCH3 is 1. The summed E-state index contributed by atoms with van der Waals surface area (Å²) in [6, 6.07) is 7.02. The molecule has 2 N–H and O–H groups in total. The predicted molar refractivity (Wildman–Crippen MR) is 48.1 cm³/mol. The van der Waals surface area contributed by atoms with Gasteiger partial charge in [0.05, 0.1) is 12.8 Å². The third-order valence-electron chi connectivity index (χ3n) is 1.29. The first-order valence-corrected chi connectivity index (χ1v) is 3.13. The van der Waals surface area contributed by atoms with Crippen LogP contribution in [-0.4, -0.2) is 7.11 Å². The van der Waals surface area contributed by atoms with Crippen molar-refractivity contribution in [1.82, 2.24) is 5.65 Å². The van der Waals surface area contributed by atoms with Crippen molar-refractivity contribution < 1.29 is 9.22 Å². The summed E-state index contributed by atoms with van der Waals surface area (Å²) in [5.74, 6) is 0.595. The number of hydrogen-bond donors (Lipinski definition) is 2. The molecule has 0 radical (unpaired) electrons. The van der Waals surface area contributed by atoms with Crippen LogP contribution in [0.25, 0.3) is 0 Å². The summed E-state index contributed by atoms with van der Waals surface area (Å²) in [7, 11) is 1.53. The molecule has 0 saturated carbocycles. The second-order valence-electron chi connectivity index (χ2n) is 1.92. The third kappa shape index (κ3) is 2.56. The highest BCUT2D eigenvalue weighted by molar-refractivity contribution is 5.85. The van der Waals surface area contributed by atoms with Gasteiger partial charge in [-0.25, -0.2) is 0 Å². The summed E-state index contributed by atoms with van der Waals surface area (Å²) in [5, 5.41) is 0. The van der Waals surface area contributed by atoms with Crippen molar-refractivity contribution in [1.29, 1.82) is 0 Å². The lowest BCUT2D eigenvalue weighted by Gasteiger charge is -2.06. The highest BCUT2D eigenvalue weighted by Gasteiger charge is 1.97. The van der Waals surface area contributed by atoms with Gasteiger partial charge in [0.15, 0.2) is 0 Å². The van der Waals surface area contributed by atoms with Crippen molar-refractivity contribution in [2.24, 2.45) is 0 Å². The normalized spacial score (nSPS) is 8.50. The number of anilines is 1. The molecule has 0 heterocycles. The van der Waals surface area contributed by atoms with Gasteiger partial charge in [-0.3, -0.25) is 5.43 Å². The van der Waals surface area contributed by atoms with Crippen LogP contribution in [0.4, 0.5) is 10.2 Å². The van der Waals surface area contributed by atoms with Gasteiger partial charge in [-0.2, -0.15) is 0 Å². The Morgan fingerprint density at radius 3 is 2.58 bits per heavy atom. The van der Waals surface area contributed by atoms with Crippen molar-refractivity contribution >= 4 is 18.1 Å². The number of benzene rings is 1. The van der Waals surface area contributed by atoms with Crippen LogP contribution in [0, 0.1) is 0 Å². The lowest BCUT2D eigenvalue weighted by atomic mass is 10.3. The summed E-state index contributed by atoms with van der Waals surface area (Å²) in [4.78, 5) is 0. The maximum atomic E-state index is 11.6. The monoisotopic (exact) mass is 192 g/mol. The quantitative estimate of drug-likeness (QED) is 0.567. The molecule has 0 aliphatic rings. The summed E-state index contributed by atoms with van der Waals surface area (Å²) < 4.78 is 16.5. The van der Waals surface area contributed by atoms with E-state index in [-0.39, 0.29) is 12.4 Å². The summed E-state index contributed by atoms with van der Waals surface area (Å²) in [5.41, 5.74) is 4.18. The molecule has 1 aromatic carbocycles. The minimum absolute atomic E-state index is 0. The first-order chi connectivity index (χ1) is 5.38. The molecule has 0 unspecified atom stereocenters. The summed E-state index contributed by atoms with van der Waals surface area (Å²) in [6.07, 6.45) is 0. The molecule has 0 atom stereocenters. The lowest BCUT2D eigenvalue weighted by Crippen LogP contribution is -2.10. The van der Waals surface area contributed by atoms with E-state index in [0.29, 0.717) is 11.4 Å². The Morgan fingerprint density at radius 2 is 2.00 bits per heavy atom. The summed E-state index contributed by atoms with van der Waals surface area (Å²) in [6.45, 7) is 0. The van der Waals surface area contributed by atoms with E-state index < -0.39 is 0 Å². The predicted octanol–water partition coefficient (Wildman–Crippen LogP) is 1.92. The molecule has 5 heteroatoms. The molecule has 0 spiro atoms. The molecular weight excluding hydrogens is 183 g/mol. The Kier molecular flexibility index (Phi) is 5.16. The average molecular weight is 193 g/mol. The summed E-state index contributed by atoms with van der Waals surface area (Å²) >= 11 is 0. The zero-order valence-corrected chi connectivity index (χ0v) is 7.32. The zero-order valence-electron chi connectivity index (χ0n) is 6.50. The molecule has 0 aromatic heterocycles. The number of ether oxygens (including phenoxy) is 1. The van der Waals surface area contributed by atoms with Crippen LogP contribution in [0.2, 0.25) is 0 Å². The molecule has 0 saturated heterocycles. The second-order valence-corrected chi connectivity index (χ2v) is 1.92. The largest absolute Gasteiger partial charge is 0.495 e. The van der Waals surface area contributed by atoms with Gasteiger partial charge in [0.1, 0.15) is 5.75 Å². The molecule has 0 aliphatic carbocycles. The minimum atomic E-state index is 0. The number of hydrogen-bond acceptors (Lipinski definition) is 3. The van der Waals surface area contributed by atoms with Crippen molar-refractivity contribution in [2.75, 3.05) is 12.5 Å². The molecule has 0 fully saturated rings. The zero-order chi connectivity index (χ0) is 8.10. The number of para-hydroxylation sites is 2. The van der Waals surface area contributed by atoms with E-state index in [1.54, 1.807) is 18.2 Å². The van der Waals surface area contributed by atoms with Crippen molar-refractivity contribution in [3.8, 4) is 5.75 Å². The van der Waals surface area contributed by atoms with Gasteiger partial charge in [-0.1, -0.05) is 17.8 Å². The number of hydrazine groups is 1. The molecular formula is C7H10ClFN2O. The van der Waals surface area contributed by atoms with E-state index in [4.69, 9.17) is 4.74 Å². The minimum Gasteiger partial charge on any atom is -0.495 e. The van der Waals surface area contributed by atoms with E-state index in [0.717, 1.165) is 0 Å². The van der Waals surface area contributed by atoms with Gasteiger partial charge in [0, 0.05) is 0 Å². The second kappa shape index (κ2) is 5.62. The van der Waals surface area contributed by atoms with E-state index >= 15 is 0 Å². The van der Waals surface area contributed by atoms with Gasteiger partial charge in [0.2, 0.25) is 0 Å². The Balaban J connectivity index is 0.00000121.